The number of nitrogens with zero attached hydrogens (tertiary/aromatic N) is 3. The number of hydrazone groups is 1. The molecule has 2 heterocycles. The monoisotopic (exact) mass is 233 g/mol. The van der Waals surface area contributed by atoms with Crippen molar-refractivity contribution in [2.75, 3.05) is 7.11 Å². The number of amides is 1. The van der Waals surface area contributed by atoms with Crippen LogP contribution in [0.3, 0.4) is 0 Å². The molecule has 1 amide bonds. The molecule has 1 atom stereocenters. The van der Waals surface area contributed by atoms with Crippen LogP contribution in [0, 0.1) is 0 Å². The average Bonchev–Trinajstić information content (AvgIpc) is 2.87. The maximum Gasteiger partial charge on any atom is 0.242 e. The molecule has 5 heteroatoms. The molecule has 0 saturated carbocycles. The Morgan fingerprint density at radius 2 is 2.41 bits per heavy atom. The topological polar surface area (TPSA) is 54.8 Å². The fraction of sp³-hybridized carbons (Fsp3) is 0.417. The zero-order valence-corrected chi connectivity index (χ0v) is 9.96. The van der Waals surface area contributed by atoms with Gasteiger partial charge in [-0.3, -0.25) is 4.79 Å². The van der Waals surface area contributed by atoms with Gasteiger partial charge < -0.3 is 4.74 Å². The minimum atomic E-state index is -0.0270. The van der Waals surface area contributed by atoms with Crippen molar-refractivity contribution in [2.24, 2.45) is 5.10 Å². The lowest BCUT2D eigenvalue weighted by molar-refractivity contribution is -0.132. The van der Waals surface area contributed by atoms with Gasteiger partial charge in [0.25, 0.3) is 0 Å². The molecule has 0 fully saturated rings. The van der Waals surface area contributed by atoms with Crippen molar-refractivity contribution in [3.63, 3.8) is 0 Å². The average molecular weight is 233 g/mol. The van der Waals surface area contributed by atoms with E-state index >= 15 is 0 Å². The van der Waals surface area contributed by atoms with E-state index in [-0.39, 0.29) is 11.9 Å². The van der Waals surface area contributed by atoms with Crippen LogP contribution in [0.5, 0.6) is 5.88 Å². The first-order valence-corrected chi connectivity index (χ1v) is 5.60. The SMILES string of the molecule is CCC(=O)N1N=CCC1c1ccc(OC)nc1. The zero-order chi connectivity index (χ0) is 12.3. The second-order valence-electron chi connectivity index (χ2n) is 3.78. The van der Waals surface area contributed by atoms with E-state index in [1.165, 1.54) is 5.01 Å². The standard InChI is InChI=1S/C12H15N3O2/c1-3-12(16)15-10(6-7-14-15)9-4-5-11(17-2)13-8-9/h4-5,7-8,10H,3,6H2,1-2H3. The first-order chi connectivity index (χ1) is 8.26. The van der Waals surface area contributed by atoms with Crippen LogP contribution in [-0.4, -0.2) is 29.2 Å². The first-order valence-electron chi connectivity index (χ1n) is 5.60. The molecular weight excluding hydrogens is 218 g/mol. The van der Waals surface area contributed by atoms with Crippen LogP contribution in [0.25, 0.3) is 0 Å². The van der Waals surface area contributed by atoms with E-state index in [1.54, 1.807) is 25.6 Å². The molecule has 0 bridgehead atoms. The molecule has 1 aliphatic heterocycles. The summed E-state index contributed by atoms with van der Waals surface area (Å²) in [5, 5.41) is 5.64. The third-order valence-electron chi connectivity index (χ3n) is 2.74. The molecule has 0 aliphatic carbocycles. The van der Waals surface area contributed by atoms with Crippen LogP contribution in [0.2, 0.25) is 0 Å². The number of pyridine rings is 1. The van der Waals surface area contributed by atoms with Gasteiger partial charge in [0.1, 0.15) is 0 Å². The highest BCUT2D eigenvalue weighted by Crippen LogP contribution is 2.28. The first kappa shape index (κ1) is 11.6. The Morgan fingerprint density at radius 3 is 3.00 bits per heavy atom. The van der Waals surface area contributed by atoms with Gasteiger partial charge >= 0.3 is 0 Å². The Labute approximate surface area is 100 Å². The van der Waals surface area contributed by atoms with Crippen molar-refractivity contribution in [3.8, 4) is 5.88 Å². The fourth-order valence-corrected chi connectivity index (χ4v) is 1.80. The molecule has 0 N–H and O–H groups in total. The number of rotatable bonds is 3. The van der Waals surface area contributed by atoms with E-state index in [0.29, 0.717) is 12.3 Å². The number of carbonyl (C=O) groups is 1. The van der Waals surface area contributed by atoms with Gasteiger partial charge in [0, 0.05) is 31.3 Å². The van der Waals surface area contributed by atoms with Crippen LogP contribution in [0.4, 0.5) is 0 Å². The van der Waals surface area contributed by atoms with Crippen molar-refractivity contribution in [1.29, 1.82) is 0 Å². The highest BCUT2D eigenvalue weighted by atomic mass is 16.5. The lowest BCUT2D eigenvalue weighted by Gasteiger charge is -2.21. The van der Waals surface area contributed by atoms with Crippen LogP contribution in [0.15, 0.2) is 23.4 Å². The second-order valence-corrected chi connectivity index (χ2v) is 3.78. The third-order valence-corrected chi connectivity index (χ3v) is 2.74. The number of carbonyl (C=O) groups excluding carboxylic acids is 1. The smallest absolute Gasteiger partial charge is 0.242 e. The summed E-state index contributed by atoms with van der Waals surface area (Å²) < 4.78 is 5.00. The summed E-state index contributed by atoms with van der Waals surface area (Å²) in [6.45, 7) is 1.83. The minimum absolute atomic E-state index is 0.0270. The van der Waals surface area contributed by atoms with Crippen molar-refractivity contribution >= 4 is 12.1 Å². The van der Waals surface area contributed by atoms with Gasteiger partial charge in [-0.15, -0.1) is 0 Å². The van der Waals surface area contributed by atoms with Crippen molar-refractivity contribution in [2.45, 2.75) is 25.8 Å². The summed E-state index contributed by atoms with van der Waals surface area (Å²) in [6, 6.07) is 3.68. The normalized spacial score (nSPS) is 18.5. The molecule has 1 aromatic rings. The lowest BCUT2D eigenvalue weighted by atomic mass is 10.1. The van der Waals surface area contributed by atoms with Crippen molar-refractivity contribution < 1.29 is 9.53 Å². The molecule has 0 saturated heterocycles. The van der Waals surface area contributed by atoms with E-state index in [0.717, 1.165) is 12.0 Å². The number of methoxy groups -OCH3 is 1. The zero-order valence-electron chi connectivity index (χ0n) is 9.96. The Hall–Kier alpha value is -1.91. The minimum Gasteiger partial charge on any atom is -0.481 e. The Bertz CT molecular complexity index is 428. The van der Waals surface area contributed by atoms with Gasteiger partial charge in [-0.2, -0.15) is 5.10 Å². The molecule has 0 spiro atoms. The van der Waals surface area contributed by atoms with Crippen LogP contribution >= 0.6 is 0 Å². The molecule has 17 heavy (non-hydrogen) atoms. The van der Waals surface area contributed by atoms with Crippen LogP contribution in [-0.2, 0) is 4.79 Å². The van der Waals surface area contributed by atoms with E-state index in [1.807, 2.05) is 13.0 Å². The van der Waals surface area contributed by atoms with Gasteiger partial charge in [-0.05, 0) is 11.6 Å². The molecule has 2 rings (SSSR count). The Morgan fingerprint density at radius 1 is 1.59 bits per heavy atom. The molecule has 90 valence electrons. The Balaban J connectivity index is 2.18. The summed E-state index contributed by atoms with van der Waals surface area (Å²) in [6.07, 6.45) is 4.69. The third kappa shape index (κ3) is 2.27. The van der Waals surface area contributed by atoms with Crippen LogP contribution in [0.1, 0.15) is 31.4 Å². The molecule has 5 nitrogen and oxygen atoms in total. The van der Waals surface area contributed by atoms with Gasteiger partial charge in [0.2, 0.25) is 11.8 Å². The van der Waals surface area contributed by atoms with Gasteiger partial charge in [-0.1, -0.05) is 6.92 Å². The quantitative estimate of drug-likeness (QED) is 0.799. The summed E-state index contributed by atoms with van der Waals surface area (Å²) >= 11 is 0. The summed E-state index contributed by atoms with van der Waals surface area (Å²) in [5.74, 6) is 0.598. The molecule has 1 unspecified atom stereocenters. The number of hydrogen-bond donors (Lipinski definition) is 0. The summed E-state index contributed by atoms with van der Waals surface area (Å²) in [5.41, 5.74) is 0.977. The number of aromatic nitrogens is 1. The number of hydrogen-bond acceptors (Lipinski definition) is 4. The highest BCUT2D eigenvalue weighted by Gasteiger charge is 2.27. The van der Waals surface area contributed by atoms with Gasteiger partial charge in [0.15, 0.2) is 0 Å². The highest BCUT2D eigenvalue weighted by molar-refractivity contribution is 5.79. The largest absolute Gasteiger partial charge is 0.481 e. The predicted molar refractivity (Wildman–Crippen MR) is 63.8 cm³/mol. The predicted octanol–water partition coefficient (Wildman–Crippen LogP) is 1.76. The molecule has 0 radical (unpaired) electrons. The second kappa shape index (κ2) is 4.95. The number of ether oxygens (including phenoxy) is 1. The maximum atomic E-state index is 11.7. The van der Waals surface area contributed by atoms with E-state index in [9.17, 15) is 4.79 Å². The van der Waals surface area contributed by atoms with Crippen molar-refractivity contribution in [3.05, 3.63) is 23.9 Å². The van der Waals surface area contributed by atoms with E-state index in [4.69, 9.17) is 4.74 Å². The molecule has 1 aromatic heterocycles. The van der Waals surface area contributed by atoms with Gasteiger partial charge in [-0.25, -0.2) is 9.99 Å². The molecule has 0 aromatic carbocycles. The maximum absolute atomic E-state index is 11.7. The summed E-state index contributed by atoms with van der Waals surface area (Å²) in [4.78, 5) is 15.8. The van der Waals surface area contributed by atoms with E-state index < -0.39 is 0 Å². The van der Waals surface area contributed by atoms with Crippen molar-refractivity contribution in [1.82, 2.24) is 9.99 Å². The molecular formula is C12H15N3O2. The molecule has 1 aliphatic rings. The Kier molecular flexibility index (Phi) is 3.37. The fourth-order valence-electron chi connectivity index (χ4n) is 1.80. The van der Waals surface area contributed by atoms with Crippen LogP contribution < -0.4 is 4.74 Å². The van der Waals surface area contributed by atoms with E-state index in [2.05, 4.69) is 10.1 Å². The lowest BCUT2D eigenvalue weighted by Crippen LogP contribution is -2.26. The van der Waals surface area contributed by atoms with Gasteiger partial charge in [0.05, 0.1) is 13.2 Å². The summed E-state index contributed by atoms with van der Waals surface area (Å²) in [7, 11) is 1.58.